The average Bonchev–Trinajstić information content (AvgIpc) is 2.90. The zero-order valence-corrected chi connectivity index (χ0v) is 11.3. The van der Waals surface area contributed by atoms with Crippen LogP contribution < -0.4 is 0 Å². The van der Waals surface area contributed by atoms with E-state index in [9.17, 15) is 4.79 Å². The molecule has 0 N–H and O–H groups in total. The number of rotatable bonds is 2. The van der Waals surface area contributed by atoms with Crippen LogP contribution in [0.2, 0.25) is 0 Å². The van der Waals surface area contributed by atoms with E-state index in [1.165, 1.54) is 4.90 Å². The van der Waals surface area contributed by atoms with E-state index in [0.717, 1.165) is 11.1 Å². The maximum Gasteiger partial charge on any atom is 0.272 e. The van der Waals surface area contributed by atoms with Crippen molar-refractivity contribution in [1.82, 2.24) is 19.5 Å². The van der Waals surface area contributed by atoms with Crippen LogP contribution in [0.25, 0.3) is 16.8 Å². The van der Waals surface area contributed by atoms with Crippen LogP contribution in [0.5, 0.6) is 0 Å². The lowest BCUT2D eigenvalue weighted by atomic mass is 10.1. The lowest BCUT2D eigenvalue weighted by Crippen LogP contribution is -2.23. The average molecular weight is 266 g/mol. The molecule has 0 fully saturated rings. The molecule has 5 heteroatoms. The summed E-state index contributed by atoms with van der Waals surface area (Å²) in [5.41, 5.74) is 3.05. The van der Waals surface area contributed by atoms with Gasteiger partial charge in [0.1, 0.15) is 5.69 Å². The van der Waals surface area contributed by atoms with Crippen molar-refractivity contribution in [3.63, 3.8) is 0 Å². The molecule has 5 nitrogen and oxygen atoms in total. The maximum atomic E-state index is 12.0. The number of amides is 1. The Morgan fingerprint density at radius 3 is 2.60 bits per heavy atom. The Morgan fingerprint density at radius 1 is 1.15 bits per heavy atom. The van der Waals surface area contributed by atoms with Crippen molar-refractivity contribution < 1.29 is 4.79 Å². The van der Waals surface area contributed by atoms with Crippen molar-refractivity contribution in [2.75, 3.05) is 14.1 Å². The van der Waals surface area contributed by atoms with Crippen molar-refractivity contribution in [3.05, 3.63) is 54.5 Å². The number of nitrogens with zero attached hydrogens (tertiary/aromatic N) is 4. The number of fused-ring (bicyclic) bond motifs is 1. The quantitative estimate of drug-likeness (QED) is 0.713. The molecule has 0 aliphatic heterocycles. The van der Waals surface area contributed by atoms with Crippen LogP contribution in [0.4, 0.5) is 0 Å². The van der Waals surface area contributed by atoms with Crippen molar-refractivity contribution in [2.45, 2.75) is 0 Å². The molecule has 0 saturated carbocycles. The highest BCUT2D eigenvalue weighted by atomic mass is 16.2. The van der Waals surface area contributed by atoms with Gasteiger partial charge >= 0.3 is 0 Å². The van der Waals surface area contributed by atoms with Crippen LogP contribution in [-0.2, 0) is 0 Å². The molecule has 0 saturated heterocycles. The Labute approximate surface area is 116 Å². The first kappa shape index (κ1) is 12.3. The van der Waals surface area contributed by atoms with Gasteiger partial charge in [0.25, 0.3) is 5.91 Å². The van der Waals surface area contributed by atoms with Gasteiger partial charge in [-0.05, 0) is 11.6 Å². The predicted molar refractivity (Wildman–Crippen MR) is 76.4 cm³/mol. The molecule has 0 aliphatic carbocycles. The second kappa shape index (κ2) is 4.77. The topological polar surface area (TPSA) is 50.5 Å². The minimum Gasteiger partial charge on any atom is -0.343 e. The van der Waals surface area contributed by atoms with E-state index in [0.29, 0.717) is 11.3 Å². The summed E-state index contributed by atoms with van der Waals surface area (Å²) in [5, 5.41) is 4.27. The van der Waals surface area contributed by atoms with E-state index < -0.39 is 0 Å². The second-order valence-electron chi connectivity index (χ2n) is 4.70. The summed E-state index contributed by atoms with van der Waals surface area (Å²) in [6.45, 7) is 0. The van der Waals surface area contributed by atoms with Gasteiger partial charge in [0, 0.05) is 25.9 Å². The maximum absolute atomic E-state index is 12.0. The van der Waals surface area contributed by atoms with Gasteiger partial charge in [0.05, 0.1) is 6.20 Å². The summed E-state index contributed by atoms with van der Waals surface area (Å²) >= 11 is 0. The molecule has 0 radical (unpaired) electrons. The predicted octanol–water partition coefficient (Wildman–Crippen LogP) is 2.10. The fourth-order valence-corrected chi connectivity index (χ4v) is 2.04. The van der Waals surface area contributed by atoms with Crippen LogP contribution in [0.3, 0.4) is 0 Å². The van der Waals surface area contributed by atoms with Gasteiger partial charge < -0.3 is 4.90 Å². The number of benzene rings is 1. The highest BCUT2D eigenvalue weighted by molar-refractivity contribution is 5.93. The molecule has 0 atom stereocenters. The molecule has 0 spiro atoms. The van der Waals surface area contributed by atoms with Gasteiger partial charge in [-0.15, -0.1) is 0 Å². The van der Waals surface area contributed by atoms with E-state index in [1.54, 1.807) is 37.1 Å². The SMILES string of the molecule is CN(C)C(=O)c1ccn2ncc(-c3ccccc3)c2n1. The molecule has 2 aromatic heterocycles. The van der Waals surface area contributed by atoms with Crippen LogP contribution >= 0.6 is 0 Å². The Bertz CT molecular complexity index is 762. The highest BCUT2D eigenvalue weighted by Gasteiger charge is 2.13. The normalized spacial score (nSPS) is 10.7. The molecule has 2 heterocycles. The van der Waals surface area contributed by atoms with Crippen LogP contribution in [0.15, 0.2) is 48.8 Å². The summed E-state index contributed by atoms with van der Waals surface area (Å²) < 4.78 is 1.68. The zero-order chi connectivity index (χ0) is 14.1. The van der Waals surface area contributed by atoms with Crippen LogP contribution in [0.1, 0.15) is 10.5 Å². The first-order valence-electron chi connectivity index (χ1n) is 6.28. The van der Waals surface area contributed by atoms with Crippen molar-refractivity contribution in [1.29, 1.82) is 0 Å². The number of hydrogen-bond acceptors (Lipinski definition) is 3. The summed E-state index contributed by atoms with van der Waals surface area (Å²) in [6.07, 6.45) is 3.52. The van der Waals surface area contributed by atoms with Gasteiger partial charge in [-0.2, -0.15) is 5.10 Å². The van der Waals surface area contributed by atoms with E-state index in [1.807, 2.05) is 30.3 Å². The summed E-state index contributed by atoms with van der Waals surface area (Å²) in [7, 11) is 3.42. The van der Waals surface area contributed by atoms with Gasteiger partial charge in [0.15, 0.2) is 5.65 Å². The van der Waals surface area contributed by atoms with E-state index in [2.05, 4.69) is 10.1 Å². The van der Waals surface area contributed by atoms with Crippen molar-refractivity contribution in [2.24, 2.45) is 0 Å². The third kappa shape index (κ3) is 2.03. The monoisotopic (exact) mass is 266 g/mol. The molecule has 100 valence electrons. The standard InChI is InChI=1S/C15H14N4O/c1-18(2)15(20)13-8-9-19-14(17-13)12(10-16-19)11-6-4-3-5-7-11/h3-10H,1-2H3. The Hall–Kier alpha value is -2.69. The van der Waals surface area contributed by atoms with E-state index in [4.69, 9.17) is 0 Å². The summed E-state index contributed by atoms with van der Waals surface area (Å²) in [5.74, 6) is -0.118. The second-order valence-corrected chi connectivity index (χ2v) is 4.70. The van der Waals surface area contributed by atoms with E-state index >= 15 is 0 Å². The fraction of sp³-hybridized carbons (Fsp3) is 0.133. The number of hydrogen-bond donors (Lipinski definition) is 0. The lowest BCUT2D eigenvalue weighted by Gasteiger charge is -2.09. The molecule has 3 rings (SSSR count). The lowest BCUT2D eigenvalue weighted by molar-refractivity contribution is 0.0822. The first-order valence-corrected chi connectivity index (χ1v) is 6.28. The molecule has 0 bridgehead atoms. The minimum absolute atomic E-state index is 0.118. The van der Waals surface area contributed by atoms with Gasteiger partial charge in [-0.1, -0.05) is 30.3 Å². The molecule has 0 unspecified atom stereocenters. The minimum atomic E-state index is -0.118. The molecular formula is C15H14N4O. The Morgan fingerprint density at radius 2 is 1.90 bits per heavy atom. The molecule has 1 aromatic carbocycles. The Kier molecular flexibility index (Phi) is 2.95. The first-order chi connectivity index (χ1) is 9.66. The number of aromatic nitrogens is 3. The smallest absolute Gasteiger partial charge is 0.272 e. The largest absolute Gasteiger partial charge is 0.343 e. The van der Waals surface area contributed by atoms with Crippen LogP contribution in [-0.4, -0.2) is 39.5 Å². The molecule has 0 aliphatic rings. The summed E-state index contributed by atoms with van der Waals surface area (Å²) in [4.78, 5) is 17.9. The third-order valence-corrected chi connectivity index (χ3v) is 3.08. The van der Waals surface area contributed by atoms with E-state index in [-0.39, 0.29) is 5.91 Å². The van der Waals surface area contributed by atoms with Crippen molar-refractivity contribution in [3.8, 4) is 11.1 Å². The fourth-order valence-electron chi connectivity index (χ4n) is 2.04. The molecule has 3 aromatic rings. The van der Waals surface area contributed by atoms with Gasteiger partial charge in [0.2, 0.25) is 0 Å². The zero-order valence-electron chi connectivity index (χ0n) is 11.3. The van der Waals surface area contributed by atoms with Gasteiger partial charge in [-0.25, -0.2) is 9.50 Å². The van der Waals surface area contributed by atoms with Gasteiger partial charge in [-0.3, -0.25) is 4.79 Å². The molecule has 20 heavy (non-hydrogen) atoms. The summed E-state index contributed by atoms with van der Waals surface area (Å²) in [6, 6.07) is 11.6. The van der Waals surface area contributed by atoms with Crippen molar-refractivity contribution >= 4 is 11.6 Å². The molecule has 1 amide bonds. The number of carbonyl (C=O) groups excluding carboxylic acids is 1. The molecular weight excluding hydrogens is 252 g/mol. The number of carbonyl (C=O) groups is 1. The van der Waals surface area contributed by atoms with Crippen LogP contribution in [0, 0.1) is 0 Å². The third-order valence-electron chi connectivity index (χ3n) is 3.08. The highest BCUT2D eigenvalue weighted by Crippen LogP contribution is 2.22. The Balaban J connectivity index is 2.16.